The van der Waals surface area contributed by atoms with E-state index < -0.39 is 10.8 Å². The van der Waals surface area contributed by atoms with Gasteiger partial charge in [0, 0.05) is 19.2 Å². The highest BCUT2D eigenvalue weighted by Crippen LogP contribution is 2.19. The van der Waals surface area contributed by atoms with Gasteiger partial charge in [-0.2, -0.15) is 0 Å². The summed E-state index contributed by atoms with van der Waals surface area (Å²) in [5, 5.41) is 13.4. The summed E-state index contributed by atoms with van der Waals surface area (Å²) < 4.78 is 10.6. The lowest BCUT2D eigenvalue weighted by molar-refractivity contribution is -0.384. The van der Waals surface area contributed by atoms with Crippen molar-refractivity contribution >= 4 is 23.1 Å². The molecular weight excluding hydrogens is 340 g/mol. The molecule has 1 aliphatic rings. The number of nitro benzene ring substituents is 1. The van der Waals surface area contributed by atoms with Gasteiger partial charge in [-0.05, 0) is 18.2 Å². The van der Waals surface area contributed by atoms with Crippen LogP contribution >= 0.6 is 0 Å². The van der Waals surface area contributed by atoms with Crippen LogP contribution in [0.15, 0.2) is 42.6 Å². The molecule has 1 aromatic carbocycles. The topological polar surface area (TPSA) is 107 Å². The van der Waals surface area contributed by atoms with E-state index in [0.717, 1.165) is 18.8 Å². The highest BCUT2D eigenvalue weighted by Gasteiger charge is 2.12. The Morgan fingerprint density at radius 3 is 2.81 bits per heavy atom. The number of aromatic nitrogens is 1. The van der Waals surface area contributed by atoms with E-state index in [-0.39, 0.29) is 18.0 Å². The number of ether oxygens (including phenoxy) is 2. The third-order valence-corrected chi connectivity index (χ3v) is 3.79. The lowest BCUT2D eigenvalue weighted by Crippen LogP contribution is -2.36. The van der Waals surface area contributed by atoms with E-state index in [1.165, 1.54) is 18.2 Å². The molecule has 26 heavy (non-hydrogen) atoms. The number of benzene rings is 1. The predicted octanol–water partition coefficient (Wildman–Crippen LogP) is 1.84. The van der Waals surface area contributed by atoms with Crippen LogP contribution in [-0.2, 0) is 9.53 Å². The van der Waals surface area contributed by atoms with Crippen LogP contribution in [0.4, 0.5) is 17.2 Å². The molecule has 0 atom stereocenters. The van der Waals surface area contributed by atoms with E-state index in [9.17, 15) is 14.9 Å². The highest BCUT2D eigenvalue weighted by molar-refractivity contribution is 5.91. The highest BCUT2D eigenvalue weighted by atomic mass is 16.6. The average Bonchev–Trinajstić information content (AvgIpc) is 2.68. The van der Waals surface area contributed by atoms with E-state index in [4.69, 9.17) is 9.47 Å². The molecule has 0 aliphatic carbocycles. The van der Waals surface area contributed by atoms with E-state index >= 15 is 0 Å². The number of non-ortho nitro benzene ring substituents is 1. The molecule has 1 aliphatic heterocycles. The monoisotopic (exact) mass is 358 g/mol. The predicted molar refractivity (Wildman–Crippen MR) is 94.5 cm³/mol. The summed E-state index contributed by atoms with van der Waals surface area (Å²) in [6.07, 6.45) is 1.70. The smallest absolute Gasteiger partial charge is 0.273 e. The van der Waals surface area contributed by atoms with Crippen LogP contribution in [0.2, 0.25) is 0 Å². The SMILES string of the molecule is O=C(COc1cccc([N+](=O)[O-])c1)Nc1ccc(N2CCOCC2)cn1. The molecule has 136 valence electrons. The maximum absolute atomic E-state index is 12.0. The molecule has 2 heterocycles. The lowest BCUT2D eigenvalue weighted by atomic mass is 10.3. The second kappa shape index (κ2) is 8.26. The number of nitrogens with zero attached hydrogens (tertiary/aromatic N) is 3. The second-order valence-electron chi connectivity index (χ2n) is 5.59. The summed E-state index contributed by atoms with van der Waals surface area (Å²) in [7, 11) is 0. The van der Waals surface area contributed by atoms with Crippen molar-refractivity contribution in [3.8, 4) is 5.75 Å². The Hall–Kier alpha value is -3.20. The molecule has 1 amide bonds. The molecule has 1 N–H and O–H groups in total. The molecular formula is C17H18N4O5. The Morgan fingerprint density at radius 1 is 1.31 bits per heavy atom. The Balaban J connectivity index is 1.51. The normalized spacial score (nSPS) is 13.9. The van der Waals surface area contributed by atoms with Gasteiger partial charge in [0.1, 0.15) is 11.6 Å². The zero-order valence-corrected chi connectivity index (χ0v) is 14.0. The summed E-state index contributed by atoms with van der Waals surface area (Å²) >= 11 is 0. The summed E-state index contributed by atoms with van der Waals surface area (Å²) in [6.45, 7) is 2.73. The Bertz CT molecular complexity index is 775. The molecule has 0 radical (unpaired) electrons. The molecule has 1 fully saturated rings. The first-order chi connectivity index (χ1) is 12.6. The number of hydrogen-bond acceptors (Lipinski definition) is 7. The fourth-order valence-electron chi connectivity index (χ4n) is 2.48. The Labute approximate surface area is 149 Å². The van der Waals surface area contributed by atoms with Crippen molar-refractivity contribution in [2.24, 2.45) is 0 Å². The summed E-state index contributed by atoms with van der Waals surface area (Å²) in [5.74, 6) is 0.266. The first-order valence-electron chi connectivity index (χ1n) is 8.08. The zero-order chi connectivity index (χ0) is 18.4. The number of carbonyl (C=O) groups is 1. The number of amides is 1. The van der Waals surface area contributed by atoms with Gasteiger partial charge in [-0.25, -0.2) is 4.98 Å². The Kier molecular flexibility index (Phi) is 5.59. The summed E-state index contributed by atoms with van der Waals surface area (Å²) in [6, 6.07) is 9.27. The van der Waals surface area contributed by atoms with Crippen molar-refractivity contribution in [3.63, 3.8) is 0 Å². The number of nitrogens with one attached hydrogen (secondary N) is 1. The van der Waals surface area contributed by atoms with Crippen LogP contribution in [0, 0.1) is 10.1 Å². The number of morpholine rings is 1. The van der Waals surface area contributed by atoms with Crippen molar-refractivity contribution < 1.29 is 19.2 Å². The van der Waals surface area contributed by atoms with Crippen LogP contribution in [0.3, 0.4) is 0 Å². The minimum atomic E-state index is -0.521. The van der Waals surface area contributed by atoms with Crippen LogP contribution in [0.25, 0.3) is 0 Å². The van der Waals surface area contributed by atoms with E-state index in [1.807, 2.05) is 6.07 Å². The number of hydrogen-bond donors (Lipinski definition) is 1. The molecule has 0 unspecified atom stereocenters. The van der Waals surface area contributed by atoms with Crippen molar-refractivity contribution in [2.75, 3.05) is 43.1 Å². The maximum atomic E-state index is 12.0. The third kappa shape index (κ3) is 4.67. The molecule has 0 saturated carbocycles. The van der Waals surface area contributed by atoms with Crippen LogP contribution < -0.4 is 15.0 Å². The average molecular weight is 358 g/mol. The van der Waals surface area contributed by atoms with Gasteiger partial charge in [-0.3, -0.25) is 14.9 Å². The number of nitro groups is 1. The lowest BCUT2D eigenvalue weighted by Gasteiger charge is -2.28. The fourth-order valence-corrected chi connectivity index (χ4v) is 2.48. The summed E-state index contributed by atoms with van der Waals surface area (Å²) in [4.78, 5) is 28.5. The van der Waals surface area contributed by atoms with Crippen LogP contribution in [0.1, 0.15) is 0 Å². The molecule has 9 nitrogen and oxygen atoms in total. The quantitative estimate of drug-likeness (QED) is 0.620. The number of anilines is 2. The maximum Gasteiger partial charge on any atom is 0.273 e. The fraction of sp³-hybridized carbons (Fsp3) is 0.294. The van der Waals surface area contributed by atoms with Gasteiger partial charge in [0.05, 0.1) is 36.1 Å². The number of rotatable bonds is 6. The zero-order valence-electron chi connectivity index (χ0n) is 14.0. The molecule has 9 heteroatoms. The Morgan fingerprint density at radius 2 is 2.12 bits per heavy atom. The van der Waals surface area contributed by atoms with Crippen LogP contribution in [-0.4, -0.2) is 48.7 Å². The standard InChI is InChI=1S/C17H18N4O5/c22-17(12-26-15-3-1-2-13(10-15)21(23)24)19-16-5-4-14(11-18-16)20-6-8-25-9-7-20/h1-5,10-11H,6-9,12H2,(H,18,19,22). The second-order valence-corrected chi connectivity index (χ2v) is 5.59. The number of pyridine rings is 1. The van der Waals surface area contributed by atoms with Gasteiger partial charge in [-0.15, -0.1) is 0 Å². The molecule has 2 aromatic rings. The van der Waals surface area contributed by atoms with E-state index in [2.05, 4.69) is 15.2 Å². The largest absolute Gasteiger partial charge is 0.484 e. The van der Waals surface area contributed by atoms with Crippen molar-refractivity contribution in [3.05, 3.63) is 52.7 Å². The van der Waals surface area contributed by atoms with Gasteiger partial charge >= 0.3 is 0 Å². The van der Waals surface area contributed by atoms with Gasteiger partial charge < -0.3 is 19.7 Å². The van der Waals surface area contributed by atoms with Gasteiger partial charge in [-0.1, -0.05) is 6.07 Å². The molecule has 1 aromatic heterocycles. The molecule has 0 spiro atoms. The first-order valence-corrected chi connectivity index (χ1v) is 8.08. The van der Waals surface area contributed by atoms with Gasteiger partial charge in [0.2, 0.25) is 0 Å². The molecule has 0 bridgehead atoms. The van der Waals surface area contributed by atoms with E-state index in [1.54, 1.807) is 18.3 Å². The van der Waals surface area contributed by atoms with Crippen molar-refractivity contribution in [1.82, 2.24) is 4.98 Å². The first kappa shape index (κ1) is 17.6. The third-order valence-electron chi connectivity index (χ3n) is 3.79. The minimum absolute atomic E-state index is 0.0942. The van der Waals surface area contributed by atoms with Gasteiger partial charge in [0.15, 0.2) is 6.61 Å². The molecule has 3 rings (SSSR count). The van der Waals surface area contributed by atoms with Crippen LogP contribution in [0.5, 0.6) is 5.75 Å². The number of carbonyl (C=O) groups excluding carboxylic acids is 1. The van der Waals surface area contributed by atoms with Crippen molar-refractivity contribution in [2.45, 2.75) is 0 Å². The van der Waals surface area contributed by atoms with Crippen molar-refractivity contribution in [1.29, 1.82) is 0 Å². The minimum Gasteiger partial charge on any atom is -0.484 e. The van der Waals surface area contributed by atoms with E-state index in [0.29, 0.717) is 19.0 Å². The molecule has 1 saturated heterocycles. The summed E-state index contributed by atoms with van der Waals surface area (Å²) in [5.41, 5.74) is 0.877. The van der Waals surface area contributed by atoms with Gasteiger partial charge in [0.25, 0.3) is 11.6 Å².